The average molecular weight is 189 g/mol. The molecule has 1 heteroatoms. The highest BCUT2D eigenvalue weighted by atomic mass is 14.9. The van der Waals surface area contributed by atoms with Crippen LogP contribution in [0.3, 0.4) is 0 Å². The minimum atomic E-state index is 0.644. The Morgan fingerprint density at radius 2 is 1.93 bits per heavy atom. The van der Waals surface area contributed by atoms with E-state index in [4.69, 9.17) is 0 Å². The molecule has 1 atom stereocenters. The Morgan fingerprint density at radius 3 is 2.43 bits per heavy atom. The molecule has 1 nitrogen and oxygen atoms in total. The molecule has 1 aliphatic heterocycles. The molecule has 1 aromatic rings. The monoisotopic (exact) mass is 189 g/mol. The van der Waals surface area contributed by atoms with Crippen LogP contribution in [0.1, 0.15) is 43.2 Å². The van der Waals surface area contributed by atoms with Gasteiger partial charge in [-0.2, -0.15) is 0 Å². The molecule has 1 unspecified atom stereocenters. The van der Waals surface area contributed by atoms with Gasteiger partial charge in [0.15, 0.2) is 0 Å². The third-order valence-electron chi connectivity index (χ3n) is 3.13. The summed E-state index contributed by atoms with van der Waals surface area (Å²) in [6.45, 7) is 6.82. The van der Waals surface area contributed by atoms with Gasteiger partial charge in [0.25, 0.3) is 0 Å². The van der Waals surface area contributed by atoms with Crippen LogP contribution in [0.5, 0.6) is 0 Å². The molecule has 76 valence electrons. The van der Waals surface area contributed by atoms with Crippen LogP contribution in [0.2, 0.25) is 0 Å². The Labute approximate surface area is 86.5 Å². The SMILES string of the molecule is CC(C)c1ccc(C2CCNC2)cc1. The van der Waals surface area contributed by atoms with E-state index in [1.165, 1.54) is 24.1 Å². The maximum Gasteiger partial charge on any atom is 0.00206 e. The molecule has 2 rings (SSSR count). The van der Waals surface area contributed by atoms with E-state index in [9.17, 15) is 0 Å². The zero-order valence-electron chi connectivity index (χ0n) is 9.09. The normalized spacial score (nSPS) is 21.8. The van der Waals surface area contributed by atoms with Gasteiger partial charge in [-0.3, -0.25) is 0 Å². The molecule has 0 saturated carbocycles. The van der Waals surface area contributed by atoms with E-state index in [0.29, 0.717) is 5.92 Å². The molecule has 0 amide bonds. The van der Waals surface area contributed by atoms with Crippen LogP contribution >= 0.6 is 0 Å². The second-order valence-corrected chi connectivity index (χ2v) is 4.51. The number of rotatable bonds is 2. The van der Waals surface area contributed by atoms with Crippen LogP contribution in [0.15, 0.2) is 24.3 Å². The van der Waals surface area contributed by atoms with Gasteiger partial charge in [-0.1, -0.05) is 38.1 Å². The lowest BCUT2D eigenvalue weighted by atomic mass is 9.95. The summed E-state index contributed by atoms with van der Waals surface area (Å²) in [5.74, 6) is 1.39. The van der Waals surface area contributed by atoms with E-state index < -0.39 is 0 Å². The quantitative estimate of drug-likeness (QED) is 0.754. The van der Waals surface area contributed by atoms with Crippen molar-refractivity contribution in [3.8, 4) is 0 Å². The van der Waals surface area contributed by atoms with Gasteiger partial charge in [-0.25, -0.2) is 0 Å². The van der Waals surface area contributed by atoms with Gasteiger partial charge in [0.1, 0.15) is 0 Å². The largest absolute Gasteiger partial charge is 0.316 e. The summed E-state index contributed by atoms with van der Waals surface area (Å²) in [5.41, 5.74) is 2.94. The maximum absolute atomic E-state index is 3.41. The summed E-state index contributed by atoms with van der Waals surface area (Å²) >= 11 is 0. The highest BCUT2D eigenvalue weighted by molar-refractivity contribution is 5.27. The molecule has 1 N–H and O–H groups in total. The smallest absolute Gasteiger partial charge is 0.00206 e. The van der Waals surface area contributed by atoms with Crippen molar-refractivity contribution in [2.45, 2.75) is 32.1 Å². The van der Waals surface area contributed by atoms with Crippen molar-refractivity contribution >= 4 is 0 Å². The molecule has 1 aliphatic rings. The van der Waals surface area contributed by atoms with Crippen molar-refractivity contribution in [2.75, 3.05) is 13.1 Å². The van der Waals surface area contributed by atoms with Crippen LogP contribution in [-0.2, 0) is 0 Å². The topological polar surface area (TPSA) is 12.0 Å². The zero-order chi connectivity index (χ0) is 9.97. The molecule has 1 fully saturated rings. The lowest BCUT2D eigenvalue weighted by molar-refractivity contribution is 0.761. The van der Waals surface area contributed by atoms with Crippen molar-refractivity contribution in [2.24, 2.45) is 0 Å². The van der Waals surface area contributed by atoms with Crippen molar-refractivity contribution in [3.05, 3.63) is 35.4 Å². The number of hydrogen-bond donors (Lipinski definition) is 1. The van der Waals surface area contributed by atoms with Crippen molar-refractivity contribution in [1.29, 1.82) is 0 Å². The van der Waals surface area contributed by atoms with Gasteiger partial charge in [0, 0.05) is 6.54 Å². The summed E-state index contributed by atoms with van der Waals surface area (Å²) in [5, 5.41) is 3.41. The number of nitrogens with one attached hydrogen (secondary N) is 1. The second kappa shape index (κ2) is 4.14. The van der Waals surface area contributed by atoms with Gasteiger partial charge < -0.3 is 5.32 Å². The number of benzene rings is 1. The van der Waals surface area contributed by atoms with Crippen molar-refractivity contribution < 1.29 is 0 Å². The molecule has 14 heavy (non-hydrogen) atoms. The van der Waals surface area contributed by atoms with E-state index in [1.54, 1.807) is 0 Å². The Balaban J connectivity index is 2.12. The molecule has 1 saturated heterocycles. The number of hydrogen-bond acceptors (Lipinski definition) is 1. The summed E-state index contributed by atoms with van der Waals surface area (Å²) in [6.07, 6.45) is 1.29. The fourth-order valence-electron chi connectivity index (χ4n) is 2.09. The summed E-state index contributed by atoms with van der Waals surface area (Å²) in [4.78, 5) is 0. The van der Waals surface area contributed by atoms with Crippen LogP contribution in [-0.4, -0.2) is 13.1 Å². The zero-order valence-corrected chi connectivity index (χ0v) is 9.09. The van der Waals surface area contributed by atoms with Crippen molar-refractivity contribution in [1.82, 2.24) is 5.32 Å². The van der Waals surface area contributed by atoms with Gasteiger partial charge in [0.2, 0.25) is 0 Å². The Hall–Kier alpha value is -0.820. The first kappa shape index (κ1) is 9.72. The Bertz CT molecular complexity index is 281. The summed E-state index contributed by atoms with van der Waals surface area (Å²) in [7, 11) is 0. The third kappa shape index (κ3) is 1.98. The molecule has 0 radical (unpaired) electrons. The predicted molar refractivity (Wildman–Crippen MR) is 60.8 cm³/mol. The summed E-state index contributed by atoms with van der Waals surface area (Å²) in [6, 6.07) is 9.15. The molecular weight excluding hydrogens is 170 g/mol. The molecular formula is C13H19N. The fourth-order valence-corrected chi connectivity index (χ4v) is 2.09. The molecule has 0 aliphatic carbocycles. The summed E-state index contributed by atoms with van der Waals surface area (Å²) < 4.78 is 0. The average Bonchev–Trinajstić information content (AvgIpc) is 2.71. The first-order chi connectivity index (χ1) is 6.77. The van der Waals surface area contributed by atoms with E-state index in [2.05, 4.69) is 43.4 Å². The van der Waals surface area contributed by atoms with Crippen LogP contribution in [0, 0.1) is 0 Å². The maximum atomic E-state index is 3.41. The second-order valence-electron chi connectivity index (χ2n) is 4.51. The highest BCUT2D eigenvalue weighted by Gasteiger charge is 2.16. The lowest BCUT2D eigenvalue weighted by Gasteiger charge is -2.11. The van der Waals surface area contributed by atoms with E-state index in [-0.39, 0.29) is 0 Å². The van der Waals surface area contributed by atoms with Crippen LogP contribution in [0.25, 0.3) is 0 Å². The molecule has 0 spiro atoms. The minimum Gasteiger partial charge on any atom is -0.316 e. The van der Waals surface area contributed by atoms with Gasteiger partial charge in [-0.05, 0) is 35.9 Å². The first-order valence-electron chi connectivity index (χ1n) is 5.58. The van der Waals surface area contributed by atoms with Crippen LogP contribution in [0.4, 0.5) is 0 Å². The Kier molecular flexibility index (Phi) is 2.87. The van der Waals surface area contributed by atoms with Gasteiger partial charge >= 0.3 is 0 Å². The molecule has 0 bridgehead atoms. The molecule has 1 heterocycles. The van der Waals surface area contributed by atoms with Crippen molar-refractivity contribution in [3.63, 3.8) is 0 Å². The first-order valence-corrected chi connectivity index (χ1v) is 5.58. The third-order valence-corrected chi connectivity index (χ3v) is 3.13. The van der Waals surface area contributed by atoms with Gasteiger partial charge in [0.05, 0.1) is 0 Å². The van der Waals surface area contributed by atoms with Gasteiger partial charge in [-0.15, -0.1) is 0 Å². The van der Waals surface area contributed by atoms with E-state index in [0.717, 1.165) is 12.5 Å². The standard InChI is InChI=1S/C13H19N/c1-10(2)11-3-5-12(6-4-11)13-7-8-14-9-13/h3-6,10,13-14H,7-9H2,1-2H3. The minimum absolute atomic E-state index is 0.644. The molecule has 0 aromatic heterocycles. The van der Waals surface area contributed by atoms with E-state index >= 15 is 0 Å². The van der Waals surface area contributed by atoms with E-state index in [1.807, 2.05) is 0 Å². The molecule has 1 aromatic carbocycles. The predicted octanol–water partition coefficient (Wildman–Crippen LogP) is 2.89. The highest BCUT2D eigenvalue weighted by Crippen LogP contribution is 2.24. The lowest BCUT2D eigenvalue weighted by Crippen LogP contribution is -2.07. The fraction of sp³-hybridized carbons (Fsp3) is 0.538. The Morgan fingerprint density at radius 1 is 1.21 bits per heavy atom. The van der Waals surface area contributed by atoms with Crippen LogP contribution < -0.4 is 5.32 Å².